The number of carbonyl (C=O) groups is 1. The molecule has 1 N–H and O–H groups in total. The van der Waals surface area contributed by atoms with E-state index in [9.17, 15) is 4.79 Å². The highest BCUT2D eigenvalue weighted by Crippen LogP contribution is 2.06. The molecule has 0 saturated carbocycles. The lowest BCUT2D eigenvalue weighted by molar-refractivity contribution is -0.146. The molecule has 1 rings (SSSR count). The average molecular weight is 261 g/mol. The second-order valence-corrected chi connectivity index (χ2v) is 4.84. The highest BCUT2D eigenvalue weighted by atomic mass is 16.6. The molecular weight excluding hydrogens is 238 g/mol. The SMILES string of the molecule is C=C(C)C(=O)OC(CC)NC(C)Cc1ccccc1. The van der Waals surface area contributed by atoms with Gasteiger partial charge in [0.05, 0.1) is 0 Å². The first-order valence-corrected chi connectivity index (χ1v) is 6.69. The van der Waals surface area contributed by atoms with Gasteiger partial charge in [0.1, 0.15) is 0 Å². The fourth-order valence-electron chi connectivity index (χ4n) is 1.81. The first-order valence-electron chi connectivity index (χ1n) is 6.69. The molecule has 0 aliphatic rings. The third kappa shape index (κ3) is 5.71. The molecule has 0 aliphatic carbocycles. The number of rotatable bonds is 7. The molecule has 3 heteroatoms. The Morgan fingerprint density at radius 2 is 2.00 bits per heavy atom. The summed E-state index contributed by atoms with van der Waals surface area (Å²) in [5.74, 6) is -0.341. The Bertz CT molecular complexity index is 414. The molecule has 0 heterocycles. The fraction of sp³-hybridized carbons (Fsp3) is 0.438. The van der Waals surface area contributed by atoms with Crippen molar-refractivity contribution in [2.75, 3.05) is 0 Å². The molecule has 0 saturated heterocycles. The smallest absolute Gasteiger partial charge is 0.334 e. The zero-order valence-corrected chi connectivity index (χ0v) is 12.0. The maximum absolute atomic E-state index is 11.5. The molecule has 1 aromatic rings. The normalized spacial score (nSPS) is 13.6. The Labute approximate surface area is 115 Å². The molecule has 0 bridgehead atoms. The molecule has 0 radical (unpaired) electrons. The molecule has 2 atom stereocenters. The molecule has 0 amide bonds. The third-order valence-electron chi connectivity index (χ3n) is 2.82. The summed E-state index contributed by atoms with van der Waals surface area (Å²) in [6, 6.07) is 10.5. The van der Waals surface area contributed by atoms with Gasteiger partial charge < -0.3 is 4.74 Å². The molecule has 0 spiro atoms. The second kappa shape index (κ2) is 7.74. The van der Waals surface area contributed by atoms with Crippen molar-refractivity contribution in [1.82, 2.24) is 5.32 Å². The largest absolute Gasteiger partial charge is 0.443 e. The number of hydrogen-bond acceptors (Lipinski definition) is 3. The minimum Gasteiger partial charge on any atom is -0.443 e. The average Bonchev–Trinajstić information content (AvgIpc) is 2.38. The van der Waals surface area contributed by atoms with Crippen LogP contribution in [-0.2, 0) is 16.0 Å². The van der Waals surface area contributed by atoms with Crippen molar-refractivity contribution in [3.05, 3.63) is 48.0 Å². The van der Waals surface area contributed by atoms with Crippen LogP contribution < -0.4 is 5.32 Å². The van der Waals surface area contributed by atoms with Crippen molar-refractivity contribution < 1.29 is 9.53 Å². The zero-order valence-electron chi connectivity index (χ0n) is 12.0. The molecular formula is C16H23NO2. The van der Waals surface area contributed by atoms with Gasteiger partial charge in [-0.3, -0.25) is 5.32 Å². The second-order valence-electron chi connectivity index (χ2n) is 4.84. The van der Waals surface area contributed by atoms with Gasteiger partial charge in [-0.2, -0.15) is 0 Å². The van der Waals surface area contributed by atoms with Crippen LogP contribution in [0.25, 0.3) is 0 Å². The van der Waals surface area contributed by atoms with Crippen LogP contribution in [0.3, 0.4) is 0 Å². The Hall–Kier alpha value is -1.61. The maximum atomic E-state index is 11.5. The van der Waals surface area contributed by atoms with Crippen molar-refractivity contribution in [3.63, 3.8) is 0 Å². The number of benzene rings is 1. The molecule has 19 heavy (non-hydrogen) atoms. The minimum atomic E-state index is -0.341. The van der Waals surface area contributed by atoms with Gasteiger partial charge in [-0.1, -0.05) is 43.8 Å². The summed E-state index contributed by atoms with van der Waals surface area (Å²) in [5.41, 5.74) is 1.69. The lowest BCUT2D eigenvalue weighted by Gasteiger charge is -2.22. The summed E-state index contributed by atoms with van der Waals surface area (Å²) in [4.78, 5) is 11.5. The lowest BCUT2D eigenvalue weighted by atomic mass is 10.1. The third-order valence-corrected chi connectivity index (χ3v) is 2.82. The summed E-state index contributed by atoms with van der Waals surface area (Å²) in [7, 11) is 0. The summed E-state index contributed by atoms with van der Waals surface area (Å²) in [6.07, 6.45) is 1.38. The summed E-state index contributed by atoms with van der Waals surface area (Å²) in [6.45, 7) is 9.31. The van der Waals surface area contributed by atoms with Crippen molar-refractivity contribution in [2.24, 2.45) is 0 Å². The summed E-state index contributed by atoms with van der Waals surface area (Å²) < 4.78 is 5.32. The number of esters is 1. The predicted octanol–water partition coefficient (Wildman–Crippen LogP) is 3.06. The van der Waals surface area contributed by atoms with Gasteiger partial charge in [0, 0.05) is 11.6 Å². The highest BCUT2D eigenvalue weighted by Gasteiger charge is 2.15. The van der Waals surface area contributed by atoms with Crippen LogP contribution in [-0.4, -0.2) is 18.2 Å². The van der Waals surface area contributed by atoms with Gasteiger partial charge in [0.2, 0.25) is 0 Å². The van der Waals surface area contributed by atoms with E-state index < -0.39 is 0 Å². The minimum absolute atomic E-state index is 0.241. The van der Waals surface area contributed by atoms with E-state index >= 15 is 0 Å². The first kappa shape index (κ1) is 15.4. The molecule has 0 aromatic heterocycles. The molecule has 0 fully saturated rings. The maximum Gasteiger partial charge on any atom is 0.334 e. The van der Waals surface area contributed by atoms with Crippen molar-refractivity contribution in [1.29, 1.82) is 0 Å². The Kier molecular flexibility index (Phi) is 6.30. The number of nitrogens with one attached hydrogen (secondary N) is 1. The van der Waals surface area contributed by atoms with Gasteiger partial charge in [0.15, 0.2) is 6.23 Å². The van der Waals surface area contributed by atoms with Crippen LogP contribution in [0.4, 0.5) is 0 Å². The van der Waals surface area contributed by atoms with E-state index in [1.165, 1.54) is 5.56 Å². The van der Waals surface area contributed by atoms with Crippen LogP contribution in [0, 0.1) is 0 Å². The first-order chi connectivity index (χ1) is 9.02. The number of ether oxygens (including phenoxy) is 1. The zero-order chi connectivity index (χ0) is 14.3. The molecule has 0 aliphatic heterocycles. The van der Waals surface area contributed by atoms with Gasteiger partial charge in [-0.05, 0) is 32.3 Å². The topological polar surface area (TPSA) is 38.3 Å². The van der Waals surface area contributed by atoms with Crippen LogP contribution in [0.2, 0.25) is 0 Å². The van der Waals surface area contributed by atoms with Crippen molar-refractivity contribution in [2.45, 2.75) is 45.9 Å². The molecule has 104 valence electrons. The lowest BCUT2D eigenvalue weighted by Crippen LogP contribution is -2.40. The van der Waals surface area contributed by atoms with Gasteiger partial charge in [-0.25, -0.2) is 4.79 Å². The summed E-state index contributed by atoms with van der Waals surface area (Å²) in [5, 5.41) is 3.32. The van der Waals surface area contributed by atoms with Gasteiger partial charge in [0.25, 0.3) is 0 Å². The van der Waals surface area contributed by atoms with Crippen LogP contribution in [0.5, 0.6) is 0 Å². The Balaban J connectivity index is 2.47. The van der Waals surface area contributed by atoms with Gasteiger partial charge in [-0.15, -0.1) is 0 Å². The Morgan fingerprint density at radius 1 is 1.37 bits per heavy atom. The summed E-state index contributed by atoms with van der Waals surface area (Å²) >= 11 is 0. The van der Waals surface area contributed by atoms with E-state index in [1.54, 1.807) is 6.92 Å². The molecule has 1 aromatic carbocycles. The standard InChI is InChI=1S/C16H23NO2/c1-5-15(19-16(18)12(2)3)17-13(4)11-14-9-7-6-8-10-14/h6-10,13,15,17H,2,5,11H2,1,3-4H3. The van der Waals surface area contributed by atoms with E-state index in [4.69, 9.17) is 4.74 Å². The fourth-order valence-corrected chi connectivity index (χ4v) is 1.81. The Morgan fingerprint density at radius 3 is 2.53 bits per heavy atom. The van der Waals surface area contributed by atoms with E-state index in [0.29, 0.717) is 5.57 Å². The van der Waals surface area contributed by atoms with E-state index in [2.05, 4.69) is 31.0 Å². The van der Waals surface area contributed by atoms with Crippen molar-refractivity contribution in [3.8, 4) is 0 Å². The van der Waals surface area contributed by atoms with Gasteiger partial charge >= 0.3 is 5.97 Å². The van der Waals surface area contributed by atoms with E-state index in [1.807, 2.05) is 25.1 Å². The van der Waals surface area contributed by atoms with E-state index in [0.717, 1.165) is 12.8 Å². The van der Waals surface area contributed by atoms with E-state index in [-0.39, 0.29) is 18.2 Å². The molecule has 3 nitrogen and oxygen atoms in total. The van der Waals surface area contributed by atoms with Crippen LogP contribution in [0.1, 0.15) is 32.8 Å². The quantitative estimate of drug-likeness (QED) is 0.466. The highest BCUT2D eigenvalue weighted by molar-refractivity contribution is 5.87. The monoisotopic (exact) mass is 261 g/mol. The number of carbonyl (C=O) groups excluding carboxylic acids is 1. The van der Waals surface area contributed by atoms with Crippen LogP contribution in [0.15, 0.2) is 42.5 Å². The predicted molar refractivity (Wildman–Crippen MR) is 77.7 cm³/mol. The molecule has 2 unspecified atom stereocenters. The van der Waals surface area contributed by atoms with Crippen molar-refractivity contribution >= 4 is 5.97 Å². The van der Waals surface area contributed by atoms with Crippen LogP contribution >= 0.6 is 0 Å². The number of hydrogen-bond donors (Lipinski definition) is 1.